The second-order valence-electron chi connectivity index (χ2n) is 14.8. The molecule has 9 aromatic rings. The number of nitrogens with one attached hydrogen (secondary N) is 2. The van der Waals surface area contributed by atoms with E-state index in [4.69, 9.17) is 9.97 Å². The van der Waals surface area contributed by atoms with Gasteiger partial charge in [-0.25, -0.2) is 9.97 Å². The molecule has 2 N–H and O–H groups in total. The molecule has 0 saturated carbocycles. The average molecular weight is 763 g/mol. The molecule has 0 aliphatic carbocycles. The van der Waals surface area contributed by atoms with E-state index in [2.05, 4.69) is 167 Å². The maximum Gasteiger partial charge on any atom is 0.0815 e. The number of aromatic amines is 2. The fraction of sp³-hybridized carbons (Fsp3) is 0. The molecule has 278 valence electrons. The van der Waals surface area contributed by atoms with E-state index in [0.29, 0.717) is 0 Å². The van der Waals surface area contributed by atoms with Crippen LogP contribution in [0, 0.1) is 23.7 Å². The van der Waals surface area contributed by atoms with Gasteiger partial charge in [0.05, 0.1) is 44.9 Å². The molecule has 4 heteroatoms. The van der Waals surface area contributed by atoms with Gasteiger partial charge in [-0.2, -0.15) is 0 Å². The highest BCUT2D eigenvalue weighted by Crippen LogP contribution is 2.38. The van der Waals surface area contributed by atoms with Crippen LogP contribution in [-0.2, 0) is 0 Å². The number of aromatic nitrogens is 4. The molecule has 0 spiro atoms. The average Bonchev–Trinajstić information content (AvgIpc) is 4.15. The second kappa shape index (κ2) is 14.8. The maximum atomic E-state index is 5.42. The van der Waals surface area contributed by atoms with Crippen LogP contribution in [0.15, 0.2) is 170 Å². The van der Waals surface area contributed by atoms with E-state index in [9.17, 15) is 0 Å². The summed E-state index contributed by atoms with van der Waals surface area (Å²) in [5.41, 5.74) is 14.4. The van der Waals surface area contributed by atoms with Crippen molar-refractivity contribution in [2.24, 2.45) is 0 Å². The van der Waals surface area contributed by atoms with Crippen LogP contribution in [0.5, 0.6) is 0 Å². The van der Waals surface area contributed by atoms with Crippen molar-refractivity contribution in [2.45, 2.75) is 0 Å². The van der Waals surface area contributed by atoms with E-state index in [-0.39, 0.29) is 0 Å². The molecule has 0 saturated heterocycles. The van der Waals surface area contributed by atoms with E-state index in [1.54, 1.807) is 0 Å². The van der Waals surface area contributed by atoms with Crippen LogP contribution in [0.1, 0.15) is 45.0 Å². The van der Waals surface area contributed by atoms with Crippen LogP contribution in [0.3, 0.4) is 0 Å². The standard InChI is InChI=1S/C56H34N4/c1-3-13-37(14-4-1)25-27-45-47-29-33-51(57-47)55(43-23-11-19-39-17-7-9-21-41(39)43)53-35-31-49(59-53)46(28-26-38-15-5-2-6-16-38)50-32-36-54(60-50)56(52-34-30-48(45)58-52)44-24-12-20-40-18-8-10-22-42(40)44/h1-24,29-36,57,60H. The highest BCUT2D eigenvalue weighted by molar-refractivity contribution is 6.05. The van der Waals surface area contributed by atoms with Crippen molar-refractivity contribution in [3.05, 3.63) is 215 Å². The van der Waals surface area contributed by atoms with Crippen molar-refractivity contribution >= 4 is 67.9 Å². The molecule has 60 heavy (non-hydrogen) atoms. The van der Waals surface area contributed by atoms with Crippen LogP contribution in [-0.4, -0.2) is 19.9 Å². The number of benzene rings is 6. The lowest BCUT2D eigenvalue weighted by atomic mass is 9.97. The molecular weight excluding hydrogens is 729 g/mol. The normalized spacial score (nSPS) is 11.6. The molecule has 4 nitrogen and oxygen atoms in total. The minimum Gasteiger partial charge on any atom is -0.354 e. The Kier molecular flexibility index (Phi) is 8.59. The van der Waals surface area contributed by atoms with Crippen molar-refractivity contribution in [1.82, 2.24) is 19.9 Å². The first-order valence-electron chi connectivity index (χ1n) is 20.0. The third-order valence-electron chi connectivity index (χ3n) is 11.1. The minimum atomic E-state index is 0.778. The lowest BCUT2D eigenvalue weighted by molar-refractivity contribution is 1.30. The quantitative estimate of drug-likeness (QED) is 0.172. The fourth-order valence-corrected chi connectivity index (χ4v) is 8.23. The summed E-state index contributed by atoms with van der Waals surface area (Å²) in [5.74, 6) is 14.0. The molecule has 2 aliphatic rings. The summed E-state index contributed by atoms with van der Waals surface area (Å²) >= 11 is 0. The smallest absolute Gasteiger partial charge is 0.0815 e. The number of nitrogens with zero attached hydrogens (tertiary/aromatic N) is 2. The maximum absolute atomic E-state index is 5.42. The van der Waals surface area contributed by atoms with Crippen molar-refractivity contribution in [3.8, 4) is 45.9 Å². The molecule has 0 fully saturated rings. The summed E-state index contributed by atoms with van der Waals surface area (Å²) in [4.78, 5) is 18.5. The molecule has 6 aromatic carbocycles. The van der Waals surface area contributed by atoms with Gasteiger partial charge >= 0.3 is 0 Å². The predicted octanol–water partition coefficient (Wildman–Crippen LogP) is 13.1. The Morgan fingerprint density at radius 3 is 1.17 bits per heavy atom. The van der Waals surface area contributed by atoms with Crippen LogP contribution in [0.4, 0.5) is 0 Å². The summed E-state index contributed by atoms with van der Waals surface area (Å²) < 4.78 is 0. The lowest BCUT2D eigenvalue weighted by Gasteiger charge is -2.09. The van der Waals surface area contributed by atoms with Gasteiger partial charge in [0.1, 0.15) is 0 Å². The number of hydrogen-bond donors (Lipinski definition) is 2. The minimum absolute atomic E-state index is 0.778. The Morgan fingerprint density at radius 2 is 0.700 bits per heavy atom. The van der Waals surface area contributed by atoms with Crippen molar-refractivity contribution in [2.75, 3.05) is 0 Å². The van der Waals surface area contributed by atoms with Crippen molar-refractivity contribution in [3.63, 3.8) is 0 Å². The van der Waals surface area contributed by atoms with Gasteiger partial charge in [-0.05, 0) is 106 Å². The monoisotopic (exact) mass is 762 g/mol. The third-order valence-corrected chi connectivity index (χ3v) is 11.1. The number of rotatable bonds is 2. The van der Waals surface area contributed by atoms with Crippen LogP contribution in [0.2, 0.25) is 0 Å². The zero-order chi connectivity index (χ0) is 39.8. The van der Waals surface area contributed by atoms with E-state index >= 15 is 0 Å². The molecule has 0 amide bonds. The molecule has 5 heterocycles. The Balaban J connectivity index is 1.30. The van der Waals surface area contributed by atoms with Gasteiger partial charge in [-0.1, -0.05) is 145 Å². The van der Waals surface area contributed by atoms with Gasteiger partial charge in [0.2, 0.25) is 0 Å². The molecule has 0 atom stereocenters. The lowest BCUT2D eigenvalue weighted by Crippen LogP contribution is -1.90. The van der Waals surface area contributed by atoms with E-state index in [1.165, 1.54) is 0 Å². The molecule has 11 rings (SSSR count). The van der Waals surface area contributed by atoms with Crippen molar-refractivity contribution in [1.29, 1.82) is 0 Å². The third kappa shape index (κ3) is 6.36. The van der Waals surface area contributed by atoms with Gasteiger partial charge in [-0.15, -0.1) is 0 Å². The molecule has 0 radical (unpaired) electrons. The Morgan fingerprint density at radius 1 is 0.317 bits per heavy atom. The summed E-state index contributed by atoms with van der Waals surface area (Å²) in [6.07, 6.45) is 8.38. The topological polar surface area (TPSA) is 57.4 Å². The molecular formula is C56H34N4. The second-order valence-corrected chi connectivity index (χ2v) is 14.8. The number of H-pyrrole nitrogens is 2. The molecule has 2 aliphatic heterocycles. The SMILES string of the molecule is C(#Cc1c2nc(c(-c3cccc4ccccc34)c3ccc([nH]3)c(C#Cc3ccccc3)c3nc(c(-c4cccc5ccccc45)c4ccc1[nH]4)C=C3)C=C2)c1ccccc1. The van der Waals surface area contributed by atoms with Crippen LogP contribution >= 0.6 is 0 Å². The van der Waals surface area contributed by atoms with Gasteiger partial charge in [0, 0.05) is 33.3 Å². The van der Waals surface area contributed by atoms with Crippen molar-refractivity contribution < 1.29 is 0 Å². The van der Waals surface area contributed by atoms with Gasteiger partial charge in [0.15, 0.2) is 0 Å². The van der Waals surface area contributed by atoms with Crippen LogP contribution < -0.4 is 0 Å². The first kappa shape index (κ1) is 34.8. The summed E-state index contributed by atoms with van der Waals surface area (Å²) in [7, 11) is 0. The Labute approximate surface area is 347 Å². The molecule has 0 unspecified atom stereocenters. The van der Waals surface area contributed by atoms with Gasteiger partial charge in [-0.3, -0.25) is 0 Å². The van der Waals surface area contributed by atoms with Gasteiger partial charge in [0.25, 0.3) is 0 Å². The number of hydrogen-bond acceptors (Lipinski definition) is 2. The zero-order valence-electron chi connectivity index (χ0n) is 32.4. The number of fused-ring (bicyclic) bond motifs is 10. The molecule has 8 bridgehead atoms. The summed E-state index contributed by atoms with van der Waals surface area (Å²) in [5, 5.41) is 4.58. The predicted molar refractivity (Wildman–Crippen MR) is 250 cm³/mol. The van der Waals surface area contributed by atoms with E-state index in [0.717, 1.165) is 111 Å². The fourth-order valence-electron chi connectivity index (χ4n) is 8.23. The Bertz CT molecular complexity index is 3300. The summed E-state index contributed by atoms with van der Waals surface area (Å²) in [6.45, 7) is 0. The first-order valence-corrected chi connectivity index (χ1v) is 20.0. The van der Waals surface area contributed by atoms with Crippen LogP contribution in [0.25, 0.3) is 90.2 Å². The summed E-state index contributed by atoms with van der Waals surface area (Å²) in [6, 6.07) is 58.6. The highest BCUT2D eigenvalue weighted by Gasteiger charge is 2.19. The van der Waals surface area contributed by atoms with E-state index in [1.807, 2.05) is 60.7 Å². The highest BCUT2D eigenvalue weighted by atomic mass is 14.8. The van der Waals surface area contributed by atoms with Gasteiger partial charge < -0.3 is 9.97 Å². The zero-order valence-corrected chi connectivity index (χ0v) is 32.4. The Hall–Kier alpha value is -8.44. The largest absolute Gasteiger partial charge is 0.354 e. The first-order chi connectivity index (χ1) is 29.7. The molecule has 3 aromatic heterocycles. The van der Waals surface area contributed by atoms with E-state index < -0.39 is 0 Å².